The van der Waals surface area contributed by atoms with E-state index in [-0.39, 0.29) is 35.2 Å². The van der Waals surface area contributed by atoms with Crippen LogP contribution in [-0.2, 0) is 27.8 Å². The van der Waals surface area contributed by atoms with Gasteiger partial charge in [-0.2, -0.15) is 4.72 Å². The minimum atomic E-state index is -4.14. The van der Waals surface area contributed by atoms with Crippen molar-refractivity contribution in [2.24, 2.45) is 0 Å². The first kappa shape index (κ1) is 25.6. The molecule has 0 saturated carbocycles. The van der Waals surface area contributed by atoms with Gasteiger partial charge in [-0.3, -0.25) is 4.79 Å². The molecule has 2 N–H and O–H groups in total. The van der Waals surface area contributed by atoms with Crippen LogP contribution < -0.4 is 19.5 Å². The molecule has 0 heterocycles. The molecule has 9 heteroatoms. The van der Waals surface area contributed by atoms with Crippen molar-refractivity contribution in [3.63, 3.8) is 0 Å². The highest BCUT2D eigenvalue weighted by Gasteiger charge is 2.28. The summed E-state index contributed by atoms with van der Waals surface area (Å²) < 4.78 is 40.0. The molecule has 1 amide bonds. The van der Waals surface area contributed by atoms with Gasteiger partial charge in [0.15, 0.2) is 0 Å². The van der Waals surface area contributed by atoms with Gasteiger partial charge < -0.3 is 14.8 Å². The van der Waals surface area contributed by atoms with E-state index in [1.165, 1.54) is 12.1 Å². The van der Waals surface area contributed by atoms with Gasteiger partial charge in [0.2, 0.25) is 15.9 Å². The van der Waals surface area contributed by atoms with Gasteiger partial charge in [0.1, 0.15) is 22.4 Å². The summed E-state index contributed by atoms with van der Waals surface area (Å²) in [4.78, 5) is 13.0. The van der Waals surface area contributed by atoms with Crippen molar-refractivity contribution in [2.45, 2.75) is 30.8 Å². The van der Waals surface area contributed by atoms with Crippen molar-refractivity contribution in [3.8, 4) is 11.5 Å². The number of para-hydroxylation sites is 1. The molecule has 34 heavy (non-hydrogen) atoms. The molecule has 3 aromatic rings. The summed E-state index contributed by atoms with van der Waals surface area (Å²) in [5.74, 6) is 0.314. The van der Waals surface area contributed by atoms with Crippen LogP contribution in [0.3, 0.4) is 0 Å². The lowest BCUT2D eigenvalue weighted by Crippen LogP contribution is -2.47. The zero-order valence-electron chi connectivity index (χ0n) is 19.0. The average molecular weight is 503 g/mol. The minimum Gasteiger partial charge on any atom is -0.496 e. The van der Waals surface area contributed by atoms with Crippen LogP contribution in [0, 0.1) is 0 Å². The van der Waals surface area contributed by atoms with Gasteiger partial charge in [-0.05, 0) is 43.2 Å². The molecule has 180 valence electrons. The number of amides is 1. The van der Waals surface area contributed by atoms with Gasteiger partial charge in [0.05, 0.1) is 13.7 Å². The van der Waals surface area contributed by atoms with Crippen LogP contribution in [0.5, 0.6) is 11.5 Å². The Morgan fingerprint density at radius 1 is 1.00 bits per heavy atom. The third kappa shape index (κ3) is 6.72. The predicted molar refractivity (Wildman–Crippen MR) is 132 cm³/mol. The fourth-order valence-corrected chi connectivity index (χ4v) is 5.01. The summed E-state index contributed by atoms with van der Waals surface area (Å²) in [6.45, 7) is 2.20. The highest BCUT2D eigenvalue weighted by Crippen LogP contribution is 2.27. The highest BCUT2D eigenvalue weighted by molar-refractivity contribution is 7.89. The lowest BCUT2D eigenvalue weighted by molar-refractivity contribution is -0.122. The Balaban J connectivity index is 1.87. The summed E-state index contributed by atoms with van der Waals surface area (Å²) >= 11 is 6.06. The normalized spacial score (nSPS) is 12.1. The minimum absolute atomic E-state index is 0.127. The Labute approximate surface area is 205 Å². The number of methoxy groups -OCH3 is 1. The summed E-state index contributed by atoms with van der Waals surface area (Å²) in [5, 5.41) is 3.06. The average Bonchev–Trinajstić information content (AvgIpc) is 2.84. The maximum Gasteiger partial charge on any atom is 0.245 e. The van der Waals surface area contributed by atoms with Gasteiger partial charge in [0.25, 0.3) is 0 Å². The fourth-order valence-electron chi connectivity index (χ4n) is 3.41. The van der Waals surface area contributed by atoms with Crippen LogP contribution in [0.2, 0.25) is 5.02 Å². The standard InChI is InChI=1S/C25H27ClN2O5S/c1-3-33-23-14-13-20(26)16-24(23)34(30,31)28-21(15-18-9-5-4-6-10-18)25(29)27-17-19-11-7-8-12-22(19)32-2/h4-14,16,21,28H,3,15,17H2,1-2H3,(H,27,29). The summed E-state index contributed by atoms with van der Waals surface area (Å²) in [6.07, 6.45) is 0.155. The van der Waals surface area contributed by atoms with E-state index in [1.807, 2.05) is 48.5 Å². The van der Waals surface area contributed by atoms with E-state index in [4.69, 9.17) is 21.1 Å². The van der Waals surface area contributed by atoms with Gasteiger partial charge >= 0.3 is 0 Å². The SMILES string of the molecule is CCOc1ccc(Cl)cc1S(=O)(=O)NC(Cc1ccccc1)C(=O)NCc1ccccc1OC. The molecule has 0 bridgehead atoms. The smallest absolute Gasteiger partial charge is 0.245 e. The van der Waals surface area contributed by atoms with E-state index in [9.17, 15) is 13.2 Å². The lowest BCUT2D eigenvalue weighted by Gasteiger charge is -2.20. The second-order valence-electron chi connectivity index (χ2n) is 7.42. The number of hydrogen-bond donors (Lipinski definition) is 2. The molecule has 3 rings (SSSR count). The van der Waals surface area contributed by atoms with Gasteiger partial charge in [-0.25, -0.2) is 8.42 Å². The first-order valence-electron chi connectivity index (χ1n) is 10.7. The summed E-state index contributed by atoms with van der Waals surface area (Å²) in [7, 11) is -2.59. The topological polar surface area (TPSA) is 93.7 Å². The van der Waals surface area contributed by atoms with Crippen molar-refractivity contribution in [2.75, 3.05) is 13.7 Å². The number of hydrogen-bond acceptors (Lipinski definition) is 5. The number of carbonyl (C=O) groups is 1. The molecule has 0 saturated heterocycles. The highest BCUT2D eigenvalue weighted by atomic mass is 35.5. The molecule has 0 radical (unpaired) electrons. The van der Waals surface area contributed by atoms with Gasteiger partial charge in [-0.15, -0.1) is 0 Å². The van der Waals surface area contributed by atoms with Crippen molar-refractivity contribution < 1.29 is 22.7 Å². The number of carbonyl (C=O) groups excluding carboxylic acids is 1. The zero-order valence-corrected chi connectivity index (χ0v) is 20.5. The Bertz CT molecular complexity index is 1220. The van der Waals surface area contributed by atoms with E-state index in [2.05, 4.69) is 10.0 Å². The summed E-state index contributed by atoms with van der Waals surface area (Å²) in [5.41, 5.74) is 1.58. The Hall–Kier alpha value is -3.07. The van der Waals surface area contributed by atoms with Crippen LogP contribution in [0.1, 0.15) is 18.1 Å². The number of rotatable bonds is 11. The zero-order chi connectivity index (χ0) is 24.6. The summed E-state index contributed by atoms with van der Waals surface area (Å²) in [6, 6.07) is 19.7. The number of sulfonamides is 1. The molecular formula is C25H27ClN2O5S. The third-order valence-electron chi connectivity index (χ3n) is 5.04. The number of halogens is 1. The largest absolute Gasteiger partial charge is 0.496 e. The monoisotopic (exact) mass is 502 g/mol. The van der Waals surface area contributed by atoms with Gasteiger partial charge in [-0.1, -0.05) is 60.1 Å². The molecule has 0 spiro atoms. The molecule has 0 aliphatic rings. The first-order valence-corrected chi connectivity index (χ1v) is 12.6. The molecule has 7 nitrogen and oxygen atoms in total. The third-order valence-corrected chi connectivity index (χ3v) is 6.77. The Morgan fingerprint density at radius 2 is 1.71 bits per heavy atom. The second kappa shape index (κ2) is 11.9. The molecule has 1 atom stereocenters. The van der Waals surface area contributed by atoms with Crippen LogP contribution >= 0.6 is 11.6 Å². The Kier molecular flexibility index (Phi) is 8.92. The van der Waals surface area contributed by atoms with Gasteiger partial charge in [0, 0.05) is 17.1 Å². The molecule has 0 aliphatic heterocycles. The fraction of sp³-hybridized carbons (Fsp3) is 0.240. The second-order valence-corrected chi connectivity index (χ2v) is 9.54. The maximum absolute atomic E-state index is 13.3. The van der Waals surface area contributed by atoms with E-state index in [0.29, 0.717) is 5.75 Å². The van der Waals surface area contributed by atoms with E-state index >= 15 is 0 Å². The van der Waals surface area contributed by atoms with Crippen molar-refractivity contribution in [1.29, 1.82) is 0 Å². The van der Waals surface area contributed by atoms with Crippen LogP contribution in [-0.4, -0.2) is 34.1 Å². The van der Waals surface area contributed by atoms with E-state index in [1.54, 1.807) is 26.2 Å². The predicted octanol–water partition coefficient (Wildman–Crippen LogP) is 3.95. The molecule has 1 unspecified atom stereocenters. The maximum atomic E-state index is 13.3. The number of nitrogens with one attached hydrogen (secondary N) is 2. The van der Waals surface area contributed by atoms with E-state index < -0.39 is 22.0 Å². The quantitative estimate of drug-likeness (QED) is 0.414. The lowest BCUT2D eigenvalue weighted by atomic mass is 10.1. The molecule has 0 aromatic heterocycles. The Morgan fingerprint density at radius 3 is 2.41 bits per heavy atom. The van der Waals surface area contributed by atoms with Crippen LogP contribution in [0.25, 0.3) is 0 Å². The first-order chi connectivity index (χ1) is 16.3. The van der Waals surface area contributed by atoms with Crippen LogP contribution in [0.15, 0.2) is 77.7 Å². The molecule has 0 fully saturated rings. The molecule has 3 aromatic carbocycles. The molecular weight excluding hydrogens is 476 g/mol. The van der Waals surface area contributed by atoms with Crippen molar-refractivity contribution in [1.82, 2.24) is 10.0 Å². The number of benzene rings is 3. The van der Waals surface area contributed by atoms with Crippen molar-refractivity contribution in [3.05, 3.63) is 88.9 Å². The molecule has 0 aliphatic carbocycles. The van der Waals surface area contributed by atoms with E-state index in [0.717, 1.165) is 11.1 Å². The van der Waals surface area contributed by atoms with Crippen LogP contribution in [0.4, 0.5) is 0 Å². The van der Waals surface area contributed by atoms with Crippen molar-refractivity contribution >= 4 is 27.5 Å². The number of ether oxygens (including phenoxy) is 2.